The molecule has 212 valence electrons. The predicted molar refractivity (Wildman–Crippen MR) is 150 cm³/mol. The van der Waals surface area contributed by atoms with Gasteiger partial charge in [0, 0.05) is 17.5 Å². The smallest absolute Gasteiger partial charge is 0.252 e. The fourth-order valence-electron chi connectivity index (χ4n) is 6.38. The molecule has 1 spiro atoms. The fourth-order valence-corrected chi connectivity index (χ4v) is 6.38. The van der Waals surface area contributed by atoms with Crippen LogP contribution in [0.1, 0.15) is 85.5 Å². The molecule has 9 heteroatoms. The number of fused-ring (bicyclic) bond motifs is 1. The molecule has 3 aromatic rings. The van der Waals surface area contributed by atoms with E-state index in [-0.39, 0.29) is 36.5 Å². The predicted octanol–water partition coefficient (Wildman–Crippen LogP) is 3.82. The highest BCUT2D eigenvalue weighted by Gasteiger charge is 2.54. The summed E-state index contributed by atoms with van der Waals surface area (Å²) in [6, 6.07) is 9.49. The number of hydrogen-bond donors (Lipinski definition) is 3. The van der Waals surface area contributed by atoms with Crippen LogP contribution >= 0.6 is 0 Å². The van der Waals surface area contributed by atoms with Gasteiger partial charge >= 0.3 is 0 Å². The van der Waals surface area contributed by atoms with Gasteiger partial charge in [-0.25, -0.2) is 4.52 Å². The quantitative estimate of drug-likeness (QED) is 0.355. The van der Waals surface area contributed by atoms with Crippen LogP contribution in [0.2, 0.25) is 0 Å². The summed E-state index contributed by atoms with van der Waals surface area (Å²) in [6.45, 7) is 5.57. The summed E-state index contributed by atoms with van der Waals surface area (Å²) in [5.74, 6) is 1.24. The summed E-state index contributed by atoms with van der Waals surface area (Å²) in [5.41, 5.74) is 8.98. The average molecular weight is 547 g/mol. The molecule has 3 fully saturated rings. The molecule has 0 bridgehead atoms. The van der Waals surface area contributed by atoms with Crippen molar-refractivity contribution in [1.29, 1.82) is 0 Å². The third-order valence-electron chi connectivity index (χ3n) is 8.46. The SMILES string of the molecule is Cc1cccc(C(N)=O)c1OC1CC2(CC(NC(=O)Cc3cnn4c(C5CC5)c(OCC(C)(C)O)ccc34)C2)C1. The van der Waals surface area contributed by atoms with E-state index in [4.69, 9.17) is 15.2 Å². The van der Waals surface area contributed by atoms with Gasteiger partial charge in [-0.3, -0.25) is 9.59 Å². The number of amides is 2. The van der Waals surface area contributed by atoms with Gasteiger partial charge in [0.2, 0.25) is 5.91 Å². The first kappa shape index (κ1) is 26.6. The Morgan fingerprint density at radius 1 is 1.18 bits per heavy atom. The van der Waals surface area contributed by atoms with Crippen LogP contribution in [0, 0.1) is 12.3 Å². The van der Waals surface area contributed by atoms with Crippen LogP contribution in [0.25, 0.3) is 5.52 Å². The highest BCUT2D eigenvalue weighted by molar-refractivity contribution is 5.96. The van der Waals surface area contributed by atoms with Gasteiger partial charge in [0.1, 0.15) is 18.1 Å². The van der Waals surface area contributed by atoms with Gasteiger partial charge in [0.05, 0.1) is 41.1 Å². The minimum Gasteiger partial charge on any atom is -0.489 e. The number of benzene rings is 1. The Morgan fingerprint density at radius 2 is 1.93 bits per heavy atom. The number of pyridine rings is 1. The van der Waals surface area contributed by atoms with Gasteiger partial charge in [-0.05, 0) is 88.5 Å². The maximum absolute atomic E-state index is 13.0. The lowest BCUT2D eigenvalue weighted by molar-refractivity contribution is -0.126. The zero-order valence-corrected chi connectivity index (χ0v) is 23.4. The lowest BCUT2D eigenvalue weighted by Gasteiger charge is -2.57. The normalized spacial score (nSPS) is 23.9. The maximum atomic E-state index is 13.0. The van der Waals surface area contributed by atoms with E-state index in [0.29, 0.717) is 17.2 Å². The monoisotopic (exact) mass is 546 g/mol. The van der Waals surface area contributed by atoms with E-state index in [0.717, 1.165) is 66.6 Å². The van der Waals surface area contributed by atoms with Gasteiger partial charge in [0.15, 0.2) is 0 Å². The first-order chi connectivity index (χ1) is 19.0. The lowest BCUT2D eigenvalue weighted by Crippen LogP contribution is -2.59. The third-order valence-corrected chi connectivity index (χ3v) is 8.46. The van der Waals surface area contributed by atoms with E-state index in [1.54, 1.807) is 26.1 Å². The number of carbonyl (C=O) groups excluding carboxylic acids is 2. The van der Waals surface area contributed by atoms with Gasteiger partial charge < -0.3 is 25.6 Å². The Morgan fingerprint density at radius 3 is 2.60 bits per heavy atom. The Hall–Kier alpha value is -3.59. The molecule has 4 N–H and O–H groups in total. The first-order valence-electron chi connectivity index (χ1n) is 14.2. The molecule has 9 nitrogen and oxygen atoms in total. The van der Waals surface area contributed by atoms with Crippen LogP contribution in [0.3, 0.4) is 0 Å². The second-order valence-corrected chi connectivity index (χ2v) is 12.7. The molecule has 2 heterocycles. The number of nitrogens with two attached hydrogens (primary N) is 1. The zero-order chi connectivity index (χ0) is 28.2. The van der Waals surface area contributed by atoms with Crippen LogP contribution in [-0.4, -0.2) is 50.9 Å². The molecule has 0 atom stereocenters. The summed E-state index contributed by atoms with van der Waals surface area (Å²) in [5, 5.41) is 17.9. The van der Waals surface area contributed by atoms with Crippen molar-refractivity contribution in [1.82, 2.24) is 14.9 Å². The average Bonchev–Trinajstić information content (AvgIpc) is 3.60. The molecule has 2 amide bonds. The lowest BCUT2D eigenvalue weighted by atomic mass is 9.53. The number of carbonyl (C=O) groups is 2. The number of aromatic nitrogens is 2. The Kier molecular flexibility index (Phi) is 6.52. The summed E-state index contributed by atoms with van der Waals surface area (Å²) < 4.78 is 14.0. The van der Waals surface area contributed by atoms with Crippen molar-refractivity contribution >= 4 is 17.3 Å². The second-order valence-electron chi connectivity index (χ2n) is 12.7. The van der Waals surface area contributed by atoms with E-state index < -0.39 is 11.5 Å². The van der Waals surface area contributed by atoms with Crippen molar-refractivity contribution < 1.29 is 24.2 Å². The zero-order valence-electron chi connectivity index (χ0n) is 23.4. The van der Waals surface area contributed by atoms with Crippen LogP contribution in [-0.2, 0) is 11.2 Å². The molecule has 3 aliphatic rings. The molecular weight excluding hydrogens is 508 g/mol. The van der Waals surface area contributed by atoms with E-state index in [2.05, 4.69) is 10.4 Å². The molecule has 40 heavy (non-hydrogen) atoms. The second kappa shape index (κ2) is 9.80. The maximum Gasteiger partial charge on any atom is 0.252 e. The van der Waals surface area contributed by atoms with Crippen LogP contribution < -0.4 is 20.5 Å². The highest BCUT2D eigenvalue weighted by Crippen LogP contribution is 2.57. The molecule has 0 aliphatic heterocycles. The van der Waals surface area contributed by atoms with Crippen molar-refractivity contribution in [2.45, 2.75) is 89.4 Å². The van der Waals surface area contributed by atoms with Crippen molar-refractivity contribution in [2.24, 2.45) is 11.1 Å². The largest absolute Gasteiger partial charge is 0.489 e. The standard InChI is InChI=1S/C31H38N4O5/c1-18-5-4-6-23(29(32)37)28(18)40-22-14-31(15-22)12-21(13-31)34-26(36)11-20-16-33-35-24(20)9-10-25(27(35)19-7-8-19)39-17-30(2,3)38/h4-6,9-10,16,19,21-22,38H,7-8,11-15,17H2,1-3H3,(H2,32,37)(H,34,36). The molecular formula is C31H38N4O5. The van der Waals surface area contributed by atoms with Crippen LogP contribution in [0.5, 0.6) is 11.5 Å². The van der Waals surface area contributed by atoms with Crippen molar-refractivity contribution in [2.75, 3.05) is 6.61 Å². The van der Waals surface area contributed by atoms with E-state index >= 15 is 0 Å². The number of ether oxygens (including phenoxy) is 2. The number of hydrogen-bond acceptors (Lipinski definition) is 6. The van der Waals surface area contributed by atoms with E-state index in [9.17, 15) is 14.7 Å². The van der Waals surface area contributed by atoms with Crippen molar-refractivity contribution in [3.8, 4) is 11.5 Å². The molecule has 3 saturated carbocycles. The number of aryl methyl sites for hydroxylation is 1. The van der Waals surface area contributed by atoms with E-state index in [1.165, 1.54) is 0 Å². The van der Waals surface area contributed by atoms with Crippen LogP contribution in [0.4, 0.5) is 0 Å². The number of nitrogens with one attached hydrogen (secondary N) is 1. The van der Waals surface area contributed by atoms with Gasteiger partial charge in [-0.2, -0.15) is 5.10 Å². The molecule has 0 saturated heterocycles. The minimum atomic E-state index is -0.925. The third kappa shape index (κ3) is 5.27. The Labute approximate surface area is 234 Å². The Bertz CT molecular complexity index is 1450. The summed E-state index contributed by atoms with van der Waals surface area (Å²) >= 11 is 0. The van der Waals surface area contributed by atoms with E-state index in [1.807, 2.05) is 35.7 Å². The molecule has 2 aromatic heterocycles. The van der Waals surface area contributed by atoms with Gasteiger partial charge in [-0.1, -0.05) is 12.1 Å². The number of nitrogens with zero attached hydrogens (tertiary/aromatic N) is 2. The van der Waals surface area contributed by atoms with Crippen molar-refractivity contribution in [3.63, 3.8) is 0 Å². The van der Waals surface area contributed by atoms with Crippen molar-refractivity contribution in [3.05, 3.63) is 58.9 Å². The first-order valence-corrected chi connectivity index (χ1v) is 14.2. The fraction of sp³-hybridized carbons (Fsp3) is 0.516. The summed E-state index contributed by atoms with van der Waals surface area (Å²) in [6.07, 6.45) is 8.00. The summed E-state index contributed by atoms with van der Waals surface area (Å²) in [4.78, 5) is 24.8. The summed E-state index contributed by atoms with van der Waals surface area (Å²) in [7, 11) is 0. The topological polar surface area (TPSA) is 128 Å². The minimum absolute atomic E-state index is 0.00297. The van der Waals surface area contributed by atoms with Crippen LogP contribution in [0.15, 0.2) is 36.5 Å². The molecule has 0 radical (unpaired) electrons. The number of primary amides is 1. The number of para-hydroxylation sites is 1. The molecule has 6 rings (SSSR count). The van der Waals surface area contributed by atoms with Gasteiger partial charge in [-0.15, -0.1) is 0 Å². The molecule has 1 aromatic carbocycles. The Balaban J connectivity index is 1.03. The highest BCUT2D eigenvalue weighted by atomic mass is 16.5. The number of rotatable bonds is 10. The van der Waals surface area contributed by atoms with Gasteiger partial charge in [0.25, 0.3) is 5.91 Å². The molecule has 0 unspecified atom stereocenters. The number of aliphatic hydroxyl groups is 1. The molecule has 3 aliphatic carbocycles.